The molecule has 1 aromatic carbocycles. The summed E-state index contributed by atoms with van der Waals surface area (Å²) in [6.45, 7) is 5.53. The predicted molar refractivity (Wildman–Crippen MR) is 99.1 cm³/mol. The van der Waals surface area contributed by atoms with E-state index >= 15 is 0 Å². The standard InChI is InChI=1S/C17H20F3N3O2S2/c1-9-7-14(22-21-9)15-10(2)26-11(3)16(15)27(24,25)23-13-6-4-5-12(8-13)17(18,19)20/h4-6,8-9,14,21-23H,7H2,1-3H3. The molecule has 27 heavy (non-hydrogen) atoms. The smallest absolute Gasteiger partial charge is 0.280 e. The molecule has 1 saturated heterocycles. The van der Waals surface area contributed by atoms with Crippen molar-refractivity contribution in [2.45, 2.75) is 50.3 Å². The van der Waals surface area contributed by atoms with Crippen molar-refractivity contribution in [2.75, 3.05) is 4.72 Å². The number of hydrogen-bond acceptors (Lipinski definition) is 5. The van der Waals surface area contributed by atoms with E-state index in [1.54, 1.807) is 6.92 Å². The highest BCUT2D eigenvalue weighted by molar-refractivity contribution is 7.93. The Morgan fingerprint density at radius 2 is 1.89 bits per heavy atom. The van der Waals surface area contributed by atoms with Gasteiger partial charge in [0.25, 0.3) is 10.0 Å². The van der Waals surface area contributed by atoms with Gasteiger partial charge < -0.3 is 0 Å². The first-order chi connectivity index (χ1) is 12.5. The Bertz CT molecular complexity index is 955. The summed E-state index contributed by atoms with van der Waals surface area (Å²) >= 11 is 1.36. The topological polar surface area (TPSA) is 70.2 Å². The summed E-state index contributed by atoms with van der Waals surface area (Å²) in [5, 5.41) is 0. The predicted octanol–water partition coefficient (Wildman–Crippen LogP) is 4.11. The van der Waals surface area contributed by atoms with Crippen molar-refractivity contribution < 1.29 is 21.6 Å². The molecule has 1 fully saturated rings. The van der Waals surface area contributed by atoms with Crippen LogP contribution in [0.15, 0.2) is 29.2 Å². The van der Waals surface area contributed by atoms with Crippen LogP contribution < -0.4 is 15.6 Å². The number of anilines is 1. The maximum absolute atomic E-state index is 13.0. The van der Waals surface area contributed by atoms with Crippen LogP contribution in [0.1, 0.15) is 40.3 Å². The van der Waals surface area contributed by atoms with E-state index in [-0.39, 0.29) is 22.7 Å². The first-order valence-corrected chi connectivity index (χ1v) is 10.6. The average molecular weight is 419 g/mol. The molecule has 1 aromatic heterocycles. The van der Waals surface area contributed by atoms with Crippen molar-refractivity contribution in [3.05, 3.63) is 45.1 Å². The quantitative estimate of drug-likeness (QED) is 0.698. The lowest BCUT2D eigenvalue weighted by atomic mass is 10.0. The van der Waals surface area contributed by atoms with Crippen LogP contribution in [0.4, 0.5) is 18.9 Å². The van der Waals surface area contributed by atoms with E-state index in [1.807, 2.05) is 13.8 Å². The Morgan fingerprint density at radius 3 is 2.48 bits per heavy atom. The van der Waals surface area contributed by atoms with Gasteiger partial charge in [-0.15, -0.1) is 11.3 Å². The molecule has 0 radical (unpaired) electrons. The number of hydrazine groups is 1. The minimum Gasteiger partial charge on any atom is -0.280 e. The van der Waals surface area contributed by atoms with E-state index < -0.39 is 21.8 Å². The second-order valence-electron chi connectivity index (χ2n) is 6.62. The van der Waals surface area contributed by atoms with Crippen molar-refractivity contribution in [1.29, 1.82) is 0 Å². The van der Waals surface area contributed by atoms with Gasteiger partial charge in [0, 0.05) is 27.0 Å². The Labute approximate surface area is 160 Å². The van der Waals surface area contributed by atoms with E-state index in [2.05, 4.69) is 15.6 Å². The molecule has 0 bridgehead atoms. The van der Waals surface area contributed by atoms with Crippen LogP contribution >= 0.6 is 11.3 Å². The fraction of sp³-hybridized carbons (Fsp3) is 0.412. The van der Waals surface area contributed by atoms with Gasteiger partial charge in [-0.25, -0.2) is 13.8 Å². The Hall–Kier alpha value is -1.62. The Balaban J connectivity index is 1.99. The number of rotatable bonds is 4. The first-order valence-electron chi connectivity index (χ1n) is 8.30. The number of aryl methyl sites for hydroxylation is 2. The molecule has 1 aliphatic rings. The number of hydrogen-bond donors (Lipinski definition) is 3. The van der Waals surface area contributed by atoms with Crippen LogP contribution in [0.3, 0.4) is 0 Å². The Morgan fingerprint density at radius 1 is 1.19 bits per heavy atom. The van der Waals surface area contributed by atoms with Gasteiger partial charge in [0.1, 0.15) is 4.90 Å². The molecule has 2 atom stereocenters. The van der Waals surface area contributed by atoms with Gasteiger partial charge in [-0.2, -0.15) is 13.2 Å². The SMILES string of the molecule is Cc1sc(C)c(S(=O)(=O)Nc2cccc(C(F)(F)F)c2)c1C1CC(C)NN1. The monoisotopic (exact) mass is 419 g/mol. The Kier molecular flexibility index (Phi) is 5.28. The molecule has 3 N–H and O–H groups in total. The maximum atomic E-state index is 13.0. The second-order valence-corrected chi connectivity index (χ2v) is 9.67. The minimum atomic E-state index is -4.54. The molecule has 0 aliphatic carbocycles. The lowest BCUT2D eigenvalue weighted by molar-refractivity contribution is -0.137. The lowest BCUT2D eigenvalue weighted by Gasteiger charge is -2.16. The van der Waals surface area contributed by atoms with Crippen molar-refractivity contribution in [2.24, 2.45) is 0 Å². The van der Waals surface area contributed by atoms with Crippen LogP contribution in [0.25, 0.3) is 0 Å². The summed E-state index contributed by atoms with van der Waals surface area (Å²) in [4.78, 5) is 1.60. The zero-order valence-electron chi connectivity index (χ0n) is 14.9. The molecule has 5 nitrogen and oxygen atoms in total. The zero-order chi connectivity index (χ0) is 20.0. The number of halogens is 3. The molecule has 0 spiro atoms. The third kappa shape index (κ3) is 4.13. The summed E-state index contributed by atoms with van der Waals surface area (Å²) < 4.78 is 67.1. The van der Waals surface area contributed by atoms with E-state index in [0.717, 1.165) is 17.0 Å². The van der Waals surface area contributed by atoms with Crippen molar-refractivity contribution in [1.82, 2.24) is 10.9 Å². The average Bonchev–Trinajstić information content (AvgIpc) is 3.09. The van der Waals surface area contributed by atoms with Crippen LogP contribution in [-0.2, 0) is 16.2 Å². The van der Waals surface area contributed by atoms with E-state index in [0.29, 0.717) is 16.9 Å². The van der Waals surface area contributed by atoms with Gasteiger partial charge in [0.2, 0.25) is 0 Å². The molecule has 10 heteroatoms. The number of alkyl halides is 3. The highest BCUT2D eigenvalue weighted by Gasteiger charge is 2.34. The summed E-state index contributed by atoms with van der Waals surface area (Å²) in [6.07, 6.45) is -3.83. The third-order valence-electron chi connectivity index (χ3n) is 4.40. The number of sulfonamides is 1. The van der Waals surface area contributed by atoms with E-state index in [4.69, 9.17) is 0 Å². The van der Waals surface area contributed by atoms with Crippen LogP contribution in [0.2, 0.25) is 0 Å². The van der Waals surface area contributed by atoms with Gasteiger partial charge in [-0.1, -0.05) is 6.07 Å². The van der Waals surface area contributed by atoms with Crippen LogP contribution in [0.5, 0.6) is 0 Å². The van der Waals surface area contributed by atoms with Gasteiger partial charge in [0.15, 0.2) is 0 Å². The largest absolute Gasteiger partial charge is 0.416 e. The van der Waals surface area contributed by atoms with Gasteiger partial charge >= 0.3 is 6.18 Å². The molecule has 3 rings (SSSR count). The van der Waals surface area contributed by atoms with Gasteiger partial charge in [-0.3, -0.25) is 10.1 Å². The molecule has 1 aliphatic heterocycles. The van der Waals surface area contributed by atoms with Crippen molar-refractivity contribution in [3.63, 3.8) is 0 Å². The highest BCUT2D eigenvalue weighted by Crippen LogP contribution is 2.39. The van der Waals surface area contributed by atoms with E-state index in [1.165, 1.54) is 23.5 Å². The summed E-state index contributed by atoms with van der Waals surface area (Å²) in [7, 11) is -4.05. The van der Waals surface area contributed by atoms with Gasteiger partial charge in [0.05, 0.1) is 11.6 Å². The second kappa shape index (κ2) is 7.08. The number of thiophene rings is 1. The summed E-state index contributed by atoms with van der Waals surface area (Å²) in [6, 6.07) is 4.18. The van der Waals surface area contributed by atoms with Crippen molar-refractivity contribution >= 4 is 27.0 Å². The molecular formula is C17H20F3N3O2S2. The summed E-state index contributed by atoms with van der Waals surface area (Å²) in [5.41, 5.74) is 5.80. The zero-order valence-corrected chi connectivity index (χ0v) is 16.6. The van der Waals surface area contributed by atoms with Crippen LogP contribution in [0, 0.1) is 13.8 Å². The number of benzene rings is 1. The van der Waals surface area contributed by atoms with E-state index in [9.17, 15) is 21.6 Å². The number of nitrogens with one attached hydrogen (secondary N) is 3. The minimum absolute atomic E-state index is 0.120. The fourth-order valence-corrected chi connectivity index (χ4v) is 6.33. The molecule has 0 amide bonds. The normalized spacial score (nSPS) is 20.8. The molecule has 2 unspecified atom stereocenters. The van der Waals surface area contributed by atoms with Crippen LogP contribution in [-0.4, -0.2) is 14.5 Å². The van der Waals surface area contributed by atoms with Gasteiger partial charge in [-0.05, 0) is 45.4 Å². The molecule has 2 aromatic rings. The third-order valence-corrected chi connectivity index (χ3v) is 7.14. The van der Waals surface area contributed by atoms with Crippen molar-refractivity contribution in [3.8, 4) is 0 Å². The molecule has 0 saturated carbocycles. The first kappa shape index (κ1) is 20.1. The maximum Gasteiger partial charge on any atom is 0.416 e. The molecule has 2 heterocycles. The fourth-order valence-electron chi connectivity index (χ4n) is 3.29. The highest BCUT2D eigenvalue weighted by atomic mass is 32.2. The lowest BCUT2D eigenvalue weighted by Crippen LogP contribution is -2.29. The summed E-state index contributed by atoms with van der Waals surface area (Å²) in [5.74, 6) is 0. The molecular weight excluding hydrogens is 399 g/mol. The molecule has 148 valence electrons.